The summed E-state index contributed by atoms with van der Waals surface area (Å²) in [5.41, 5.74) is 1.43. The van der Waals surface area contributed by atoms with Crippen molar-refractivity contribution in [1.29, 1.82) is 0 Å². The lowest BCUT2D eigenvalue weighted by molar-refractivity contribution is -0.275. The van der Waals surface area contributed by atoms with Gasteiger partial charge in [-0.25, -0.2) is 4.39 Å². The first kappa shape index (κ1) is 19.5. The number of pyridine rings is 1. The Hall–Kier alpha value is -2.84. The lowest BCUT2D eigenvalue weighted by atomic mass is 10.1. The molecule has 2 N–H and O–H groups in total. The zero-order valence-electron chi connectivity index (χ0n) is 13.9. The Balaban J connectivity index is 2.03. The van der Waals surface area contributed by atoms with Crippen LogP contribution in [0.1, 0.15) is 13.3 Å². The molecule has 1 aromatic carbocycles. The predicted molar refractivity (Wildman–Crippen MR) is 88.1 cm³/mol. The minimum absolute atomic E-state index is 0.101. The lowest BCUT2D eigenvalue weighted by Crippen LogP contribution is -2.22. The maximum atomic E-state index is 13.8. The normalized spacial score (nSPS) is 11.1. The van der Waals surface area contributed by atoms with Gasteiger partial charge in [-0.1, -0.05) is 0 Å². The first-order valence-electron chi connectivity index (χ1n) is 7.74. The molecule has 0 unspecified atom stereocenters. The zero-order chi connectivity index (χ0) is 19.2. The summed E-state index contributed by atoms with van der Waals surface area (Å²) >= 11 is 0. The van der Waals surface area contributed by atoms with Crippen molar-refractivity contribution in [2.45, 2.75) is 19.7 Å². The second kappa shape index (κ2) is 8.50. The smallest absolute Gasteiger partial charge is 0.403 e. The van der Waals surface area contributed by atoms with E-state index in [-0.39, 0.29) is 5.91 Å². The molecule has 2 aromatic rings. The number of halogens is 4. The van der Waals surface area contributed by atoms with Gasteiger partial charge < -0.3 is 15.4 Å². The minimum Gasteiger partial charge on any atom is -0.403 e. The van der Waals surface area contributed by atoms with Crippen LogP contribution >= 0.6 is 0 Å². The van der Waals surface area contributed by atoms with Crippen LogP contribution in [0.15, 0.2) is 36.5 Å². The molecule has 0 atom stereocenters. The Morgan fingerprint density at radius 3 is 2.62 bits per heavy atom. The number of benzene rings is 1. The van der Waals surface area contributed by atoms with E-state index in [0.29, 0.717) is 36.5 Å². The van der Waals surface area contributed by atoms with Crippen LogP contribution in [0.4, 0.5) is 23.2 Å². The average Bonchev–Trinajstić information content (AvgIpc) is 2.55. The molecule has 1 aromatic heterocycles. The van der Waals surface area contributed by atoms with E-state index in [1.54, 1.807) is 12.1 Å². The molecular formula is C17H17F4N3O2. The number of alkyl halides is 3. The van der Waals surface area contributed by atoms with Crippen LogP contribution < -0.4 is 15.4 Å². The molecule has 0 aliphatic carbocycles. The highest BCUT2D eigenvalue weighted by Gasteiger charge is 2.32. The summed E-state index contributed by atoms with van der Waals surface area (Å²) in [5.74, 6) is -2.13. The van der Waals surface area contributed by atoms with Gasteiger partial charge in [0.05, 0.1) is 5.69 Å². The molecule has 0 saturated heterocycles. The molecule has 0 aliphatic rings. The van der Waals surface area contributed by atoms with Crippen LogP contribution in [0.5, 0.6) is 5.75 Å². The number of amides is 1. The molecule has 9 heteroatoms. The number of carbonyl (C=O) groups is 1. The van der Waals surface area contributed by atoms with Gasteiger partial charge in [0.25, 0.3) is 0 Å². The van der Waals surface area contributed by atoms with E-state index in [0.717, 1.165) is 12.1 Å². The van der Waals surface area contributed by atoms with Crippen LogP contribution in [0.3, 0.4) is 0 Å². The highest BCUT2D eigenvalue weighted by Crippen LogP contribution is 2.29. The fourth-order valence-electron chi connectivity index (χ4n) is 2.15. The Morgan fingerprint density at radius 1 is 1.19 bits per heavy atom. The van der Waals surface area contributed by atoms with E-state index < -0.39 is 17.9 Å². The van der Waals surface area contributed by atoms with Crippen LogP contribution in [0.25, 0.3) is 11.3 Å². The maximum Gasteiger partial charge on any atom is 0.573 e. The van der Waals surface area contributed by atoms with Gasteiger partial charge in [0.1, 0.15) is 0 Å². The van der Waals surface area contributed by atoms with Crippen LogP contribution in [0.2, 0.25) is 0 Å². The molecule has 0 fully saturated rings. The molecule has 26 heavy (non-hydrogen) atoms. The van der Waals surface area contributed by atoms with E-state index in [1.807, 2.05) is 0 Å². The number of hydrogen-bond acceptors (Lipinski definition) is 4. The molecule has 0 saturated carbocycles. The Kier molecular flexibility index (Phi) is 6.37. The number of nitrogens with one attached hydrogen (secondary N) is 2. The number of aromatic nitrogens is 1. The van der Waals surface area contributed by atoms with Crippen molar-refractivity contribution in [3.05, 3.63) is 42.3 Å². The quantitative estimate of drug-likeness (QED) is 0.575. The third kappa shape index (κ3) is 6.23. The van der Waals surface area contributed by atoms with Gasteiger partial charge in [-0.2, -0.15) is 0 Å². The van der Waals surface area contributed by atoms with Crippen molar-refractivity contribution in [2.75, 3.05) is 18.4 Å². The van der Waals surface area contributed by atoms with E-state index in [1.165, 1.54) is 19.2 Å². The molecule has 5 nitrogen and oxygen atoms in total. The van der Waals surface area contributed by atoms with Crippen LogP contribution in [0, 0.1) is 5.82 Å². The number of carbonyl (C=O) groups excluding carboxylic acids is 1. The van der Waals surface area contributed by atoms with Gasteiger partial charge in [0.2, 0.25) is 5.91 Å². The minimum atomic E-state index is -4.96. The Morgan fingerprint density at radius 2 is 1.96 bits per heavy atom. The first-order valence-corrected chi connectivity index (χ1v) is 7.74. The van der Waals surface area contributed by atoms with Gasteiger partial charge >= 0.3 is 6.36 Å². The van der Waals surface area contributed by atoms with Gasteiger partial charge in [-0.3, -0.25) is 9.78 Å². The molecule has 1 amide bonds. The van der Waals surface area contributed by atoms with Crippen LogP contribution in [-0.2, 0) is 4.79 Å². The standard InChI is InChI=1S/C17H17F4N3O2/c1-11(25)22-6-2-7-23-13-5-8-24-15(10-13)12-3-4-16(14(18)9-12)26-17(19,20)21/h3-5,8-10H,2,6-7H2,1H3,(H,22,25)(H,23,24). The summed E-state index contributed by atoms with van der Waals surface area (Å²) < 4.78 is 54.0. The largest absolute Gasteiger partial charge is 0.573 e. The lowest BCUT2D eigenvalue weighted by Gasteiger charge is -2.11. The Bertz CT molecular complexity index is 766. The number of rotatable bonds is 7. The summed E-state index contributed by atoms with van der Waals surface area (Å²) in [6.45, 7) is 2.56. The molecule has 0 aliphatic heterocycles. The number of hydrogen-bond donors (Lipinski definition) is 2. The van der Waals surface area contributed by atoms with Crippen molar-refractivity contribution in [2.24, 2.45) is 0 Å². The fourth-order valence-corrected chi connectivity index (χ4v) is 2.15. The van der Waals surface area contributed by atoms with Gasteiger partial charge in [0.15, 0.2) is 11.6 Å². The number of nitrogens with zero attached hydrogens (tertiary/aromatic N) is 1. The summed E-state index contributed by atoms with van der Waals surface area (Å²) in [6.07, 6.45) is -2.75. The zero-order valence-corrected chi connectivity index (χ0v) is 13.9. The second-order valence-electron chi connectivity index (χ2n) is 5.39. The molecule has 0 spiro atoms. The van der Waals surface area contributed by atoms with Gasteiger partial charge in [-0.15, -0.1) is 13.2 Å². The number of ether oxygens (including phenoxy) is 1. The predicted octanol–water partition coefficient (Wildman–Crippen LogP) is 3.72. The highest BCUT2D eigenvalue weighted by atomic mass is 19.4. The number of anilines is 1. The van der Waals surface area contributed by atoms with E-state index in [4.69, 9.17) is 0 Å². The molecule has 140 valence electrons. The maximum absolute atomic E-state index is 13.8. The molecular weight excluding hydrogens is 354 g/mol. The molecule has 2 rings (SSSR count). The Labute approximate surface area is 147 Å². The average molecular weight is 371 g/mol. The highest BCUT2D eigenvalue weighted by molar-refractivity contribution is 5.72. The van der Waals surface area contributed by atoms with Crippen molar-refractivity contribution in [1.82, 2.24) is 10.3 Å². The van der Waals surface area contributed by atoms with Crippen molar-refractivity contribution in [3.8, 4) is 17.0 Å². The third-order valence-corrected chi connectivity index (χ3v) is 3.27. The van der Waals surface area contributed by atoms with Gasteiger partial charge in [0, 0.05) is 37.5 Å². The summed E-state index contributed by atoms with van der Waals surface area (Å²) in [6, 6.07) is 6.50. The van der Waals surface area contributed by atoms with E-state index >= 15 is 0 Å². The monoisotopic (exact) mass is 371 g/mol. The SMILES string of the molecule is CC(=O)NCCCNc1ccnc(-c2ccc(OC(F)(F)F)c(F)c2)c1. The van der Waals surface area contributed by atoms with Crippen LogP contribution in [-0.4, -0.2) is 30.3 Å². The van der Waals surface area contributed by atoms with E-state index in [2.05, 4.69) is 20.4 Å². The van der Waals surface area contributed by atoms with Crippen molar-refractivity contribution in [3.63, 3.8) is 0 Å². The fraction of sp³-hybridized carbons (Fsp3) is 0.294. The molecule has 0 radical (unpaired) electrons. The van der Waals surface area contributed by atoms with Crippen molar-refractivity contribution < 1.29 is 27.1 Å². The summed E-state index contributed by atoms with van der Waals surface area (Å²) in [7, 11) is 0. The van der Waals surface area contributed by atoms with Gasteiger partial charge in [-0.05, 0) is 36.8 Å². The molecule has 0 bridgehead atoms. The summed E-state index contributed by atoms with van der Waals surface area (Å²) in [4.78, 5) is 14.9. The van der Waals surface area contributed by atoms with Crippen molar-refractivity contribution >= 4 is 11.6 Å². The van der Waals surface area contributed by atoms with E-state index in [9.17, 15) is 22.4 Å². The third-order valence-electron chi connectivity index (χ3n) is 3.27. The first-order chi connectivity index (χ1) is 12.2. The molecule has 1 heterocycles. The summed E-state index contributed by atoms with van der Waals surface area (Å²) in [5, 5.41) is 5.80. The second-order valence-corrected chi connectivity index (χ2v) is 5.39. The topological polar surface area (TPSA) is 63.2 Å².